The number of amides is 1. The average molecular weight is 288 g/mol. The summed E-state index contributed by atoms with van der Waals surface area (Å²) in [7, 11) is 0. The van der Waals surface area contributed by atoms with Gasteiger partial charge < -0.3 is 10.4 Å². The van der Waals surface area contributed by atoms with Crippen LogP contribution in [0.1, 0.15) is 30.8 Å². The molecule has 6 heteroatoms. The average Bonchev–Trinajstić information content (AvgIpc) is 3.01. The van der Waals surface area contributed by atoms with E-state index in [9.17, 15) is 9.90 Å². The van der Waals surface area contributed by atoms with E-state index in [0.717, 1.165) is 5.69 Å². The van der Waals surface area contributed by atoms with Gasteiger partial charge in [-0.25, -0.2) is 4.68 Å². The zero-order valence-corrected chi connectivity index (χ0v) is 12.2. The highest BCUT2D eigenvalue weighted by Crippen LogP contribution is 2.08. The van der Waals surface area contributed by atoms with E-state index in [4.69, 9.17) is 0 Å². The van der Waals surface area contributed by atoms with Crippen LogP contribution in [0, 0.1) is 5.92 Å². The van der Waals surface area contributed by atoms with Gasteiger partial charge in [0.05, 0.1) is 11.8 Å². The van der Waals surface area contributed by atoms with E-state index in [1.807, 2.05) is 19.9 Å². The summed E-state index contributed by atoms with van der Waals surface area (Å²) in [5.41, 5.74) is 1.12. The Kier molecular flexibility index (Phi) is 5.05. The molecule has 0 saturated heterocycles. The number of carbonyl (C=O) groups excluding carboxylic acids is 1. The zero-order valence-electron chi connectivity index (χ0n) is 12.2. The quantitative estimate of drug-likeness (QED) is 0.842. The van der Waals surface area contributed by atoms with Gasteiger partial charge in [-0.1, -0.05) is 13.8 Å². The van der Waals surface area contributed by atoms with Gasteiger partial charge in [-0.05, 0) is 30.5 Å². The number of hydrogen-bond donors (Lipinski definition) is 2. The summed E-state index contributed by atoms with van der Waals surface area (Å²) >= 11 is 0. The Balaban J connectivity index is 1.95. The van der Waals surface area contributed by atoms with Crippen LogP contribution >= 0.6 is 0 Å². The van der Waals surface area contributed by atoms with Gasteiger partial charge in [-0.2, -0.15) is 5.10 Å². The largest absolute Gasteiger partial charge is 0.393 e. The van der Waals surface area contributed by atoms with Crippen molar-refractivity contribution in [2.24, 2.45) is 5.92 Å². The minimum absolute atomic E-state index is 0.183. The highest BCUT2D eigenvalue weighted by atomic mass is 16.3. The summed E-state index contributed by atoms with van der Waals surface area (Å²) in [5.74, 6) is -0.0665. The lowest BCUT2D eigenvalue weighted by molar-refractivity contribution is 0.0915. The topological polar surface area (TPSA) is 80.0 Å². The predicted molar refractivity (Wildman–Crippen MR) is 79.2 cm³/mol. The van der Waals surface area contributed by atoms with Gasteiger partial charge in [0.1, 0.15) is 5.69 Å². The van der Waals surface area contributed by atoms with Crippen LogP contribution in [0.25, 0.3) is 5.69 Å². The second-order valence-corrected chi connectivity index (χ2v) is 5.21. The Hall–Kier alpha value is -2.21. The van der Waals surface area contributed by atoms with Crippen molar-refractivity contribution in [3.05, 3.63) is 42.5 Å². The molecule has 2 aromatic heterocycles. The van der Waals surface area contributed by atoms with E-state index >= 15 is 0 Å². The molecule has 1 unspecified atom stereocenters. The molecule has 6 nitrogen and oxygen atoms in total. The van der Waals surface area contributed by atoms with Crippen molar-refractivity contribution in [2.45, 2.75) is 26.4 Å². The molecule has 0 fully saturated rings. The molecule has 0 aliphatic rings. The lowest BCUT2D eigenvalue weighted by Gasteiger charge is -2.14. The smallest absolute Gasteiger partial charge is 0.269 e. The highest BCUT2D eigenvalue weighted by molar-refractivity contribution is 5.92. The van der Waals surface area contributed by atoms with Crippen molar-refractivity contribution < 1.29 is 9.90 Å². The van der Waals surface area contributed by atoms with Crippen LogP contribution in [0.3, 0.4) is 0 Å². The second-order valence-electron chi connectivity index (χ2n) is 5.21. The number of pyridine rings is 1. The molecule has 0 spiro atoms. The molecule has 21 heavy (non-hydrogen) atoms. The number of rotatable bonds is 6. The Morgan fingerprint density at radius 3 is 2.90 bits per heavy atom. The number of nitrogens with zero attached hydrogens (tertiary/aromatic N) is 3. The standard InChI is InChI=1S/C15H20N4O2/c1-11(2)14(20)5-8-17-15(21)13-10-12(4-7-16-13)19-9-3-6-18-19/h3-4,6-7,9-11,14,20H,5,8H2,1-2H3,(H,17,21). The van der Waals surface area contributed by atoms with Gasteiger partial charge in [0, 0.05) is 25.1 Å². The number of aromatic nitrogens is 3. The van der Waals surface area contributed by atoms with Gasteiger partial charge in [-0.3, -0.25) is 9.78 Å². The van der Waals surface area contributed by atoms with Gasteiger partial charge in [0.15, 0.2) is 0 Å². The monoisotopic (exact) mass is 288 g/mol. The number of hydrogen-bond acceptors (Lipinski definition) is 4. The summed E-state index contributed by atoms with van der Waals surface area (Å²) in [4.78, 5) is 16.1. The molecule has 2 rings (SSSR count). The molecule has 0 saturated carbocycles. The molecule has 2 heterocycles. The van der Waals surface area contributed by atoms with Gasteiger partial charge in [0.25, 0.3) is 5.91 Å². The van der Waals surface area contributed by atoms with E-state index in [-0.39, 0.29) is 11.8 Å². The van der Waals surface area contributed by atoms with E-state index in [2.05, 4.69) is 15.4 Å². The summed E-state index contributed by atoms with van der Waals surface area (Å²) < 4.78 is 1.67. The van der Waals surface area contributed by atoms with E-state index in [0.29, 0.717) is 18.7 Å². The molecule has 0 aliphatic carbocycles. The number of aliphatic hydroxyl groups is 1. The Bertz CT molecular complexity index is 581. The SMILES string of the molecule is CC(C)C(O)CCNC(=O)c1cc(-n2cccn2)ccn1. The molecule has 0 aliphatic heterocycles. The summed E-state index contributed by atoms with van der Waals surface area (Å²) in [6.07, 6.45) is 5.18. The van der Waals surface area contributed by atoms with Crippen molar-refractivity contribution in [3.8, 4) is 5.69 Å². The zero-order chi connectivity index (χ0) is 15.2. The van der Waals surface area contributed by atoms with Crippen molar-refractivity contribution in [2.75, 3.05) is 6.54 Å². The molecule has 1 amide bonds. The van der Waals surface area contributed by atoms with Gasteiger partial charge in [0.2, 0.25) is 0 Å². The maximum atomic E-state index is 12.0. The lowest BCUT2D eigenvalue weighted by Crippen LogP contribution is -2.29. The maximum absolute atomic E-state index is 12.0. The van der Waals surface area contributed by atoms with E-state index < -0.39 is 6.10 Å². The van der Waals surface area contributed by atoms with Crippen LogP contribution in [-0.4, -0.2) is 38.4 Å². The van der Waals surface area contributed by atoms with Crippen molar-refractivity contribution in [3.63, 3.8) is 0 Å². The molecular weight excluding hydrogens is 268 g/mol. The molecular formula is C15H20N4O2. The van der Waals surface area contributed by atoms with Crippen LogP contribution in [0.5, 0.6) is 0 Å². The summed E-state index contributed by atoms with van der Waals surface area (Å²) in [6.45, 7) is 4.31. The fraction of sp³-hybridized carbons (Fsp3) is 0.400. The fourth-order valence-corrected chi connectivity index (χ4v) is 1.87. The third-order valence-corrected chi connectivity index (χ3v) is 3.24. The third kappa shape index (κ3) is 4.13. The first kappa shape index (κ1) is 15.2. The van der Waals surface area contributed by atoms with Crippen LogP contribution < -0.4 is 5.32 Å². The number of nitrogens with one attached hydrogen (secondary N) is 1. The minimum Gasteiger partial charge on any atom is -0.393 e. The van der Waals surface area contributed by atoms with Crippen molar-refractivity contribution in [1.82, 2.24) is 20.1 Å². The Labute approximate surface area is 123 Å². The second kappa shape index (κ2) is 6.99. The lowest BCUT2D eigenvalue weighted by atomic mass is 10.0. The molecule has 0 aromatic carbocycles. The predicted octanol–water partition coefficient (Wildman–Crippen LogP) is 1.40. The molecule has 1 atom stereocenters. The molecule has 2 N–H and O–H groups in total. The Morgan fingerprint density at radius 2 is 2.24 bits per heavy atom. The first-order valence-electron chi connectivity index (χ1n) is 7.00. The normalized spacial score (nSPS) is 12.4. The molecule has 2 aromatic rings. The highest BCUT2D eigenvalue weighted by Gasteiger charge is 2.11. The molecule has 112 valence electrons. The minimum atomic E-state index is -0.409. The van der Waals surface area contributed by atoms with Crippen LogP contribution in [-0.2, 0) is 0 Å². The number of carbonyl (C=O) groups is 1. The summed E-state index contributed by atoms with van der Waals surface area (Å²) in [6, 6.07) is 5.28. The van der Waals surface area contributed by atoms with Crippen LogP contribution in [0.2, 0.25) is 0 Å². The molecule has 0 radical (unpaired) electrons. The first-order chi connectivity index (χ1) is 10.1. The van der Waals surface area contributed by atoms with Gasteiger partial charge in [-0.15, -0.1) is 0 Å². The van der Waals surface area contributed by atoms with Crippen LogP contribution in [0.4, 0.5) is 0 Å². The maximum Gasteiger partial charge on any atom is 0.269 e. The van der Waals surface area contributed by atoms with E-state index in [1.54, 1.807) is 35.4 Å². The Morgan fingerprint density at radius 1 is 1.43 bits per heavy atom. The third-order valence-electron chi connectivity index (χ3n) is 3.24. The summed E-state index contributed by atoms with van der Waals surface area (Å²) in [5, 5.41) is 16.6. The fourth-order valence-electron chi connectivity index (χ4n) is 1.87. The van der Waals surface area contributed by atoms with Crippen molar-refractivity contribution >= 4 is 5.91 Å². The van der Waals surface area contributed by atoms with E-state index in [1.165, 1.54) is 0 Å². The molecule has 0 bridgehead atoms. The van der Waals surface area contributed by atoms with Crippen molar-refractivity contribution in [1.29, 1.82) is 0 Å². The number of aliphatic hydroxyl groups excluding tert-OH is 1. The van der Waals surface area contributed by atoms with Crippen LogP contribution in [0.15, 0.2) is 36.8 Å². The first-order valence-corrected chi connectivity index (χ1v) is 7.00. The van der Waals surface area contributed by atoms with Gasteiger partial charge >= 0.3 is 0 Å².